The number of ether oxygens (including phenoxy) is 2. The first-order chi connectivity index (χ1) is 9.06. The fraction of sp³-hybridized carbons (Fsp3) is 0.412. The van der Waals surface area contributed by atoms with E-state index in [9.17, 15) is 0 Å². The third kappa shape index (κ3) is 4.25. The normalized spacial score (nSPS) is 17.1. The van der Waals surface area contributed by atoms with Gasteiger partial charge in [-0.25, -0.2) is 0 Å². The second-order valence-electron chi connectivity index (χ2n) is 5.44. The van der Waals surface area contributed by atoms with Crippen LogP contribution in [0.4, 0.5) is 0 Å². The van der Waals surface area contributed by atoms with Gasteiger partial charge in [-0.15, -0.1) is 0 Å². The molecule has 1 fully saturated rings. The lowest BCUT2D eigenvalue weighted by atomic mass is 9.99. The van der Waals surface area contributed by atoms with E-state index in [2.05, 4.69) is 31.4 Å². The Balaban J connectivity index is 2.23. The Morgan fingerprint density at radius 2 is 1.74 bits per heavy atom. The Kier molecular flexibility index (Phi) is 4.43. The van der Waals surface area contributed by atoms with Gasteiger partial charge in [0, 0.05) is 0 Å². The maximum atomic E-state index is 5.99. The molecule has 1 aromatic rings. The van der Waals surface area contributed by atoms with Gasteiger partial charge in [0.05, 0.1) is 6.61 Å². The summed E-state index contributed by atoms with van der Waals surface area (Å²) in [6, 6.07) is 6.30. The summed E-state index contributed by atoms with van der Waals surface area (Å²) in [7, 11) is 0. The average molecular weight is 258 g/mol. The molecule has 2 heteroatoms. The summed E-state index contributed by atoms with van der Waals surface area (Å²) in [4.78, 5) is 0. The molecule has 1 unspecified atom stereocenters. The van der Waals surface area contributed by atoms with Gasteiger partial charge in [-0.2, -0.15) is 0 Å². The van der Waals surface area contributed by atoms with Crippen molar-refractivity contribution in [1.29, 1.82) is 0 Å². The van der Waals surface area contributed by atoms with Crippen LogP contribution in [0.15, 0.2) is 42.5 Å². The molecule has 1 aromatic carbocycles. The van der Waals surface area contributed by atoms with Crippen molar-refractivity contribution in [3.8, 4) is 5.75 Å². The van der Waals surface area contributed by atoms with Crippen LogP contribution in [-0.4, -0.2) is 19.3 Å². The molecule has 1 aliphatic rings. The van der Waals surface area contributed by atoms with Crippen LogP contribution in [0.3, 0.4) is 0 Å². The number of hydrogen-bond acceptors (Lipinski definition) is 2. The highest BCUT2D eigenvalue weighted by atomic mass is 16.6. The van der Waals surface area contributed by atoms with Gasteiger partial charge in [-0.3, -0.25) is 0 Å². The Bertz CT molecular complexity index is 450. The van der Waals surface area contributed by atoms with E-state index in [4.69, 9.17) is 9.47 Å². The molecular weight excluding hydrogens is 236 g/mol. The first kappa shape index (κ1) is 13.9. The molecule has 0 aromatic heterocycles. The molecule has 19 heavy (non-hydrogen) atoms. The molecule has 102 valence electrons. The molecule has 0 amide bonds. The molecule has 2 nitrogen and oxygen atoms in total. The highest BCUT2D eigenvalue weighted by Crippen LogP contribution is 2.29. The van der Waals surface area contributed by atoms with Crippen LogP contribution in [0.2, 0.25) is 0 Å². The maximum absolute atomic E-state index is 5.99. The van der Waals surface area contributed by atoms with Crippen molar-refractivity contribution in [2.75, 3.05) is 13.2 Å². The number of hydrogen-bond donors (Lipinski definition) is 0. The largest absolute Gasteiger partial charge is 0.490 e. The summed E-state index contributed by atoms with van der Waals surface area (Å²) in [5.41, 5.74) is 4.68. The van der Waals surface area contributed by atoms with Crippen LogP contribution in [-0.2, 0) is 17.6 Å². The summed E-state index contributed by atoms with van der Waals surface area (Å²) in [5.74, 6) is 0.990. The summed E-state index contributed by atoms with van der Waals surface area (Å²) in [5, 5.41) is 0. The van der Waals surface area contributed by atoms with Gasteiger partial charge in [0.25, 0.3) is 0 Å². The van der Waals surface area contributed by atoms with Crippen LogP contribution in [0.5, 0.6) is 5.75 Å². The highest BCUT2D eigenvalue weighted by Gasteiger charge is 2.24. The fourth-order valence-electron chi connectivity index (χ4n) is 2.09. The lowest BCUT2D eigenvalue weighted by Crippen LogP contribution is -2.08. The topological polar surface area (TPSA) is 21.8 Å². The number of allylic oxidation sites excluding steroid dienone is 2. The highest BCUT2D eigenvalue weighted by molar-refractivity contribution is 5.44. The Morgan fingerprint density at radius 3 is 2.16 bits per heavy atom. The summed E-state index contributed by atoms with van der Waals surface area (Å²) in [6.45, 7) is 13.5. The van der Waals surface area contributed by atoms with Gasteiger partial charge in [-0.1, -0.05) is 42.5 Å². The van der Waals surface area contributed by atoms with Gasteiger partial charge in [-0.05, 0) is 37.8 Å². The van der Waals surface area contributed by atoms with Gasteiger partial charge in [0.2, 0.25) is 0 Å². The SMILES string of the molecule is C=C(C)Cc1cccc(CC(=C)C)c1OCC1CO1. The van der Waals surface area contributed by atoms with E-state index in [1.165, 1.54) is 11.1 Å². The number of rotatable bonds is 7. The molecule has 1 aliphatic heterocycles. The lowest BCUT2D eigenvalue weighted by Gasteiger charge is -2.16. The molecule has 0 radical (unpaired) electrons. The lowest BCUT2D eigenvalue weighted by molar-refractivity contribution is 0.259. The van der Waals surface area contributed by atoms with Gasteiger partial charge in [0.15, 0.2) is 0 Å². The second kappa shape index (κ2) is 6.07. The van der Waals surface area contributed by atoms with E-state index < -0.39 is 0 Å². The molecule has 0 saturated carbocycles. The van der Waals surface area contributed by atoms with Crippen molar-refractivity contribution >= 4 is 0 Å². The average Bonchev–Trinajstić information content (AvgIpc) is 3.10. The zero-order valence-electron chi connectivity index (χ0n) is 11.9. The van der Waals surface area contributed by atoms with E-state index >= 15 is 0 Å². The van der Waals surface area contributed by atoms with Crippen molar-refractivity contribution < 1.29 is 9.47 Å². The third-order valence-corrected chi connectivity index (χ3v) is 2.98. The molecule has 2 rings (SSSR count). The molecule has 0 aliphatic carbocycles. The first-order valence-corrected chi connectivity index (χ1v) is 6.70. The van der Waals surface area contributed by atoms with Crippen molar-refractivity contribution in [3.05, 3.63) is 53.6 Å². The molecule has 0 spiro atoms. The maximum Gasteiger partial charge on any atom is 0.126 e. The first-order valence-electron chi connectivity index (χ1n) is 6.70. The minimum Gasteiger partial charge on any atom is -0.490 e. The predicted molar refractivity (Wildman–Crippen MR) is 78.7 cm³/mol. The minimum atomic E-state index is 0.274. The van der Waals surface area contributed by atoms with E-state index in [1.54, 1.807) is 0 Å². The predicted octanol–water partition coefficient (Wildman–Crippen LogP) is 3.70. The van der Waals surface area contributed by atoms with Crippen LogP contribution in [0.25, 0.3) is 0 Å². The quantitative estimate of drug-likeness (QED) is 0.549. The van der Waals surface area contributed by atoms with Gasteiger partial charge < -0.3 is 9.47 Å². The second-order valence-corrected chi connectivity index (χ2v) is 5.44. The standard InChI is InChI=1S/C17H22O2/c1-12(2)8-14-6-5-7-15(9-13(3)4)17(14)19-11-16-10-18-16/h5-7,16H,1,3,8-11H2,2,4H3. The minimum absolute atomic E-state index is 0.274. The molecule has 1 atom stereocenters. The fourth-order valence-corrected chi connectivity index (χ4v) is 2.09. The molecular formula is C17H22O2. The van der Waals surface area contributed by atoms with Crippen LogP contribution in [0, 0.1) is 0 Å². The Labute approximate surface area is 115 Å². The zero-order chi connectivity index (χ0) is 13.8. The third-order valence-electron chi connectivity index (χ3n) is 2.98. The molecule has 0 bridgehead atoms. The van der Waals surface area contributed by atoms with Gasteiger partial charge in [0.1, 0.15) is 18.5 Å². The monoisotopic (exact) mass is 258 g/mol. The summed E-state index contributed by atoms with van der Waals surface area (Å²) in [6.07, 6.45) is 1.98. The van der Waals surface area contributed by atoms with Gasteiger partial charge >= 0.3 is 0 Å². The van der Waals surface area contributed by atoms with Crippen LogP contribution >= 0.6 is 0 Å². The van der Waals surface area contributed by atoms with Crippen molar-refractivity contribution in [2.24, 2.45) is 0 Å². The van der Waals surface area contributed by atoms with E-state index in [0.29, 0.717) is 6.61 Å². The molecule has 0 N–H and O–H groups in total. The van der Waals surface area contributed by atoms with Crippen molar-refractivity contribution in [2.45, 2.75) is 32.8 Å². The Hall–Kier alpha value is -1.54. The molecule has 1 saturated heterocycles. The van der Waals surface area contributed by atoms with E-state index in [-0.39, 0.29) is 6.10 Å². The summed E-state index contributed by atoms with van der Waals surface area (Å²) >= 11 is 0. The van der Waals surface area contributed by atoms with Crippen LogP contribution in [0.1, 0.15) is 25.0 Å². The van der Waals surface area contributed by atoms with E-state index in [1.807, 2.05) is 13.8 Å². The van der Waals surface area contributed by atoms with Crippen molar-refractivity contribution in [3.63, 3.8) is 0 Å². The number of epoxide rings is 1. The number of para-hydroxylation sites is 1. The smallest absolute Gasteiger partial charge is 0.126 e. The zero-order valence-corrected chi connectivity index (χ0v) is 11.9. The Morgan fingerprint density at radius 1 is 1.21 bits per heavy atom. The number of benzene rings is 1. The van der Waals surface area contributed by atoms with Crippen molar-refractivity contribution in [1.82, 2.24) is 0 Å². The molecule has 1 heterocycles. The summed E-state index contributed by atoms with van der Waals surface area (Å²) < 4.78 is 11.2. The van der Waals surface area contributed by atoms with Crippen LogP contribution < -0.4 is 4.74 Å². The van der Waals surface area contributed by atoms with E-state index in [0.717, 1.165) is 36.3 Å².